The molecule has 3 fully saturated rings. The van der Waals surface area contributed by atoms with E-state index in [-0.39, 0.29) is 48.0 Å². The molecular weight excluding hydrogens is 484 g/mol. The lowest BCUT2D eigenvalue weighted by atomic mass is 9.94. The first-order chi connectivity index (χ1) is 18.5. The number of para-hydroxylation sites is 2. The maximum atomic E-state index is 13.2. The van der Waals surface area contributed by atoms with Gasteiger partial charge < -0.3 is 25.2 Å². The molecular formula is C29H34N4O5. The number of piperidine rings is 1. The number of rotatable bonds is 7. The number of benzene rings is 2. The Kier molecular flexibility index (Phi) is 8.03. The summed E-state index contributed by atoms with van der Waals surface area (Å²) in [6, 6.07) is 16.4. The van der Waals surface area contributed by atoms with Gasteiger partial charge in [0.2, 0.25) is 17.7 Å². The zero-order valence-electron chi connectivity index (χ0n) is 21.4. The lowest BCUT2D eigenvalue weighted by molar-refractivity contribution is -0.138. The van der Waals surface area contributed by atoms with Gasteiger partial charge in [0.05, 0.1) is 23.3 Å². The fourth-order valence-electron chi connectivity index (χ4n) is 5.48. The van der Waals surface area contributed by atoms with Crippen LogP contribution in [0, 0.1) is 11.8 Å². The van der Waals surface area contributed by atoms with Gasteiger partial charge in [-0.1, -0.05) is 30.3 Å². The number of carbonyl (C=O) groups excluding carboxylic acids is 4. The SMILES string of the molecule is O=C(NCC1CCCO1)c1ccccc1NC(=O)C1CCN(C(=O)C2CC(=O)N(c3ccccc3)C2)CC1. The molecule has 3 aliphatic heterocycles. The number of nitrogens with zero attached hydrogens (tertiary/aromatic N) is 2. The highest BCUT2D eigenvalue weighted by Gasteiger charge is 2.38. The van der Waals surface area contributed by atoms with Gasteiger partial charge in [0.1, 0.15) is 0 Å². The van der Waals surface area contributed by atoms with Gasteiger partial charge in [-0.25, -0.2) is 0 Å². The topological polar surface area (TPSA) is 108 Å². The van der Waals surface area contributed by atoms with Crippen molar-refractivity contribution >= 4 is 35.0 Å². The molecule has 0 spiro atoms. The Balaban J connectivity index is 1.12. The molecule has 2 atom stereocenters. The summed E-state index contributed by atoms with van der Waals surface area (Å²) < 4.78 is 5.57. The van der Waals surface area contributed by atoms with Crippen molar-refractivity contribution < 1.29 is 23.9 Å². The third-order valence-corrected chi connectivity index (χ3v) is 7.66. The van der Waals surface area contributed by atoms with Crippen LogP contribution in [0.25, 0.3) is 0 Å². The predicted molar refractivity (Wildman–Crippen MR) is 143 cm³/mol. The Bertz CT molecular complexity index is 1170. The van der Waals surface area contributed by atoms with Crippen LogP contribution in [0.15, 0.2) is 54.6 Å². The predicted octanol–water partition coefficient (Wildman–Crippen LogP) is 2.83. The number of nitrogens with one attached hydrogen (secondary N) is 2. The van der Waals surface area contributed by atoms with E-state index in [1.165, 1.54) is 0 Å². The van der Waals surface area contributed by atoms with Crippen molar-refractivity contribution in [3.8, 4) is 0 Å². The van der Waals surface area contributed by atoms with E-state index < -0.39 is 0 Å². The molecule has 0 bridgehead atoms. The van der Waals surface area contributed by atoms with Crippen molar-refractivity contribution in [3.05, 3.63) is 60.2 Å². The minimum Gasteiger partial charge on any atom is -0.376 e. The summed E-state index contributed by atoms with van der Waals surface area (Å²) in [6.45, 7) is 2.49. The van der Waals surface area contributed by atoms with Gasteiger partial charge in [0.25, 0.3) is 5.91 Å². The fourth-order valence-corrected chi connectivity index (χ4v) is 5.48. The first kappa shape index (κ1) is 25.9. The van der Waals surface area contributed by atoms with Gasteiger partial charge in [-0.3, -0.25) is 19.2 Å². The molecule has 5 rings (SSSR count). The summed E-state index contributed by atoms with van der Waals surface area (Å²) in [6.07, 6.45) is 3.25. The number of carbonyl (C=O) groups is 4. The molecule has 3 heterocycles. The lowest BCUT2D eigenvalue weighted by Crippen LogP contribution is -2.44. The molecule has 2 aromatic carbocycles. The van der Waals surface area contributed by atoms with Crippen LogP contribution in [0.3, 0.4) is 0 Å². The summed E-state index contributed by atoms with van der Waals surface area (Å²) in [5.41, 5.74) is 1.70. The van der Waals surface area contributed by atoms with E-state index in [0.29, 0.717) is 50.3 Å². The van der Waals surface area contributed by atoms with Crippen molar-refractivity contribution in [1.29, 1.82) is 0 Å². The third-order valence-electron chi connectivity index (χ3n) is 7.66. The molecule has 9 heteroatoms. The van der Waals surface area contributed by atoms with Crippen LogP contribution < -0.4 is 15.5 Å². The van der Waals surface area contributed by atoms with E-state index >= 15 is 0 Å². The summed E-state index contributed by atoms with van der Waals surface area (Å²) in [5, 5.41) is 5.84. The van der Waals surface area contributed by atoms with E-state index in [2.05, 4.69) is 10.6 Å². The van der Waals surface area contributed by atoms with Crippen LogP contribution in [0.1, 0.15) is 42.5 Å². The Morgan fingerprint density at radius 2 is 1.66 bits per heavy atom. The number of amides is 4. The molecule has 0 saturated carbocycles. The number of ether oxygens (including phenoxy) is 1. The molecule has 9 nitrogen and oxygen atoms in total. The van der Waals surface area contributed by atoms with E-state index in [1.807, 2.05) is 30.3 Å². The highest BCUT2D eigenvalue weighted by molar-refractivity contribution is 6.04. The molecule has 0 radical (unpaired) electrons. The average molecular weight is 519 g/mol. The Morgan fingerprint density at radius 1 is 0.921 bits per heavy atom. The van der Waals surface area contributed by atoms with Crippen LogP contribution in [0.2, 0.25) is 0 Å². The maximum Gasteiger partial charge on any atom is 0.253 e. The molecule has 3 aliphatic rings. The average Bonchev–Trinajstić information content (AvgIpc) is 3.62. The van der Waals surface area contributed by atoms with E-state index in [4.69, 9.17) is 4.74 Å². The van der Waals surface area contributed by atoms with Crippen LogP contribution in [0.4, 0.5) is 11.4 Å². The monoisotopic (exact) mass is 518 g/mol. The van der Waals surface area contributed by atoms with E-state index in [9.17, 15) is 19.2 Å². The highest BCUT2D eigenvalue weighted by atomic mass is 16.5. The molecule has 0 aromatic heterocycles. The summed E-state index contributed by atoms with van der Waals surface area (Å²) in [4.78, 5) is 55.0. The largest absolute Gasteiger partial charge is 0.376 e. The Morgan fingerprint density at radius 3 is 2.39 bits per heavy atom. The number of anilines is 2. The molecule has 3 saturated heterocycles. The Labute approximate surface area is 222 Å². The van der Waals surface area contributed by atoms with Gasteiger partial charge in [0, 0.05) is 50.8 Å². The van der Waals surface area contributed by atoms with Crippen molar-refractivity contribution in [2.75, 3.05) is 43.0 Å². The standard InChI is InChI=1S/C29H34N4O5/c34-26-17-21(19-33(26)22-7-2-1-3-8-22)29(37)32-14-12-20(13-15-32)27(35)31-25-11-5-4-10-24(25)28(36)30-18-23-9-6-16-38-23/h1-5,7-8,10-11,20-21,23H,6,9,12-19H2,(H,30,36)(H,31,35). The number of hydrogen-bond acceptors (Lipinski definition) is 5. The van der Waals surface area contributed by atoms with Gasteiger partial charge in [0.15, 0.2) is 0 Å². The first-order valence-corrected chi connectivity index (χ1v) is 13.4. The van der Waals surface area contributed by atoms with Crippen molar-refractivity contribution in [2.45, 2.75) is 38.2 Å². The van der Waals surface area contributed by atoms with Crippen LogP contribution in [-0.2, 0) is 19.1 Å². The van der Waals surface area contributed by atoms with Crippen LogP contribution in [-0.4, -0.2) is 67.4 Å². The molecule has 2 unspecified atom stereocenters. The van der Waals surface area contributed by atoms with E-state index in [0.717, 1.165) is 25.1 Å². The molecule has 2 N–H and O–H groups in total. The highest BCUT2D eigenvalue weighted by Crippen LogP contribution is 2.28. The van der Waals surface area contributed by atoms with Crippen molar-refractivity contribution in [1.82, 2.24) is 10.2 Å². The maximum absolute atomic E-state index is 13.2. The minimum absolute atomic E-state index is 0.0242. The molecule has 200 valence electrons. The zero-order valence-corrected chi connectivity index (χ0v) is 21.4. The minimum atomic E-state index is -0.367. The van der Waals surface area contributed by atoms with Crippen molar-refractivity contribution in [3.63, 3.8) is 0 Å². The zero-order chi connectivity index (χ0) is 26.5. The smallest absolute Gasteiger partial charge is 0.253 e. The summed E-state index contributed by atoms with van der Waals surface area (Å²) >= 11 is 0. The van der Waals surface area contributed by atoms with Gasteiger partial charge in [-0.2, -0.15) is 0 Å². The van der Waals surface area contributed by atoms with Crippen molar-refractivity contribution in [2.24, 2.45) is 11.8 Å². The van der Waals surface area contributed by atoms with Gasteiger partial charge in [-0.15, -0.1) is 0 Å². The second-order valence-electron chi connectivity index (χ2n) is 10.2. The van der Waals surface area contributed by atoms with Crippen LogP contribution in [0.5, 0.6) is 0 Å². The van der Waals surface area contributed by atoms with Gasteiger partial charge >= 0.3 is 0 Å². The quantitative estimate of drug-likeness (QED) is 0.586. The normalized spacial score (nSPS) is 21.9. The molecule has 0 aliphatic carbocycles. The molecule has 4 amide bonds. The third kappa shape index (κ3) is 5.88. The molecule has 2 aromatic rings. The fraction of sp³-hybridized carbons (Fsp3) is 0.448. The van der Waals surface area contributed by atoms with E-state index in [1.54, 1.807) is 34.1 Å². The lowest BCUT2D eigenvalue weighted by Gasteiger charge is -2.33. The second-order valence-corrected chi connectivity index (χ2v) is 10.2. The summed E-state index contributed by atoms with van der Waals surface area (Å²) in [7, 11) is 0. The number of likely N-dealkylation sites (tertiary alicyclic amines) is 1. The number of hydrogen-bond donors (Lipinski definition) is 2. The Hall–Kier alpha value is -3.72. The molecule has 38 heavy (non-hydrogen) atoms. The second kappa shape index (κ2) is 11.8. The van der Waals surface area contributed by atoms with Crippen LogP contribution >= 0.6 is 0 Å². The van der Waals surface area contributed by atoms with Gasteiger partial charge in [-0.05, 0) is 49.9 Å². The summed E-state index contributed by atoms with van der Waals surface area (Å²) in [5.74, 6) is -1.08. The first-order valence-electron chi connectivity index (χ1n) is 13.4.